The van der Waals surface area contributed by atoms with Crippen molar-refractivity contribution in [2.24, 2.45) is 37.8 Å². The normalized spacial score (nSPS) is 13.8. The molecule has 0 atom stereocenters. The number of rotatable bonds is 4. The van der Waals surface area contributed by atoms with Crippen molar-refractivity contribution in [3.8, 4) is 0 Å². The first-order valence-corrected chi connectivity index (χ1v) is 3.54. The first-order valence-electron chi connectivity index (χ1n) is 3.54. The van der Waals surface area contributed by atoms with Gasteiger partial charge >= 0.3 is 0 Å². The van der Waals surface area contributed by atoms with Crippen molar-refractivity contribution < 1.29 is 0 Å². The lowest BCUT2D eigenvalue weighted by Crippen LogP contribution is -2.29. The summed E-state index contributed by atoms with van der Waals surface area (Å²) in [4.78, 5) is 0. The van der Waals surface area contributed by atoms with Crippen LogP contribution >= 0.6 is 0 Å². The Labute approximate surface area is 80.8 Å². The molecule has 9 heteroatoms. The maximum absolute atomic E-state index is 5.21. The van der Waals surface area contributed by atoms with Crippen LogP contribution in [0.25, 0.3) is 0 Å². The van der Waals surface area contributed by atoms with Gasteiger partial charge in [0.1, 0.15) is 6.34 Å². The molecule has 0 aliphatic carbocycles. The lowest BCUT2D eigenvalue weighted by atomic mass is 10.5. The summed E-state index contributed by atoms with van der Waals surface area (Å²) in [7, 11) is 0. The fraction of sp³-hybridized carbons (Fsp3) is 0.200. The van der Waals surface area contributed by atoms with Crippen LogP contribution in [-0.2, 0) is 0 Å². The maximum atomic E-state index is 5.21. The molecule has 0 aromatic heterocycles. The van der Waals surface area contributed by atoms with Gasteiger partial charge in [0.15, 0.2) is 0 Å². The zero-order chi connectivity index (χ0) is 10.8. The number of nitrogens with two attached hydrogens (primary N) is 3. The lowest BCUT2D eigenvalue weighted by molar-refractivity contribution is 0.985. The molecular formula is C5H13N9. The molecule has 14 heavy (non-hydrogen) atoms. The Hall–Kier alpha value is -2.32. The molecule has 0 aliphatic rings. The summed E-state index contributed by atoms with van der Waals surface area (Å²) in [5.74, 6) is 9.67. The van der Waals surface area contributed by atoms with Crippen molar-refractivity contribution >= 4 is 24.2 Å². The van der Waals surface area contributed by atoms with Crippen LogP contribution in [0.2, 0.25) is 0 Å². The number of nitrogens with one attached hydrogen (secondary N) is 2. The molecule has 0 saturated carbocycles. The van der Waals surface area contributed by atoms with Gasteiger partial charge in [-0.05, 0) is 6.92 Å². The molecule has 0 spiro atoms. The van der Waals surface area contributed by atoms with Crippen LogP contribution in [-0.4, -0.2) is 24.2 Å². The minimum Gasteiger partial charge on any atom is -0.367 e. The molecule has 9 nitrogen and oxygen atoms in total. The molecule has 0 aromatic carbocycles. The molecule has 0 rings (SSSR count). The van der Waals surface area contributed by atoms with E-state index in [1.807, 2.05) is 0 Å². The van der Waals surface area contributed by atoms with Gasteiger partial charge in [0.05, 0.1) is 11.9 Å². The average molecular weight is 199 g/mol. The molecule has 0 fully saturated rings. The molecule has 0 aromatic rings. The zero-order valence-corrected chi connectivity index (χ0v) is 7.68. The van der Waals surface area contributed by atoms with Gasteiger partial charge in [-0.1, -0.05) is 0 Å². The Bertz CT molecular complexity index is 262. The summed E-state index contributed by atoms with van der Waals surface area (Å²) in [5, 5.41) is 13.7. The Balaban J connectivity index is 3.94. The van der Waals surface area contributed by atoms with Crippen LogP contribution in [0.1, 0.15) is 6.92 Å². The number of hydrogen-bond donors (Lipinski definition) is 5. The van der Waals surface area contributed by atoms with Gasteiger partial charge in [-0.2, -0.15) is 15.3 Å². The van der Waals surface area contributed by atoms with E-state index in [9.17, 15) is 0 Å². The van der Waals surface area contributed by atoms with E-state index in [-0.39, 0.29) is 5.96 Å². The molecule has 0 aliphatic heterocycles. The molecule has 0 saturated heterocycles. The second-order valence-electron chi connectivity index (χ2n) is 2.04. The zero-order valence-electron chi connectivity index (χ0n) is 7.68. The van der Waals surface area contributed by atoms with Crippen LogP contribution in [0.15, 0.2) is 20.4 Å². The van der Waals surface area contributed by atoms with Crippen LogP contribution in [0.3, 0.4) is 0 Å². The molecule has 78 valence electrons. The lowest BCUT2D eigenvalue weighted by Gasteiger charge is -1.96. The fourth-order valence-corrected chi connectivity index (χ4v) is 0.401. The van der Waals surface area contributed by atoms with E-state index in [2.05, 4.69) is 31.3 Å². The maximum Gasteiger partial charge on any atom is 0.231 e. The highest BCUT2D eigenvalue weighted by molar-refractivity contribution is 6.29. The first-order chi connectivity index (χ1) is 6.70. The van der Waals surface area contributed by atoms with Gasteiger partial charge in [-0.25, -0.2) is 5.43 Å². The van der Waals surface area contributed by atoms with Crippen molar-refractivity contribution in [1.82, 2.24) is 10.9 Å². The van der Waals surface area contributed by atoms with E-state index in [4.69, 9.17) is 17.4 Å². The second-order valence-corrected chi connectivity index (χ2v) is 2.04. The second kappa shape index (κ2) is 7.34. The summed E-state index contributed by atoms with van der Waals surface area (Å²) < 4.78 is 0. The number of hydrazone groups is 4. The summed E-state index contributed by atoms with van der Waals surface area (Å²) in [6.07, 6.45) is 2.64. The Morgan fingerprint density at radius 2 is 2.07 bits per heavy atom. The van der Waals surface area contributed by atoms with Gasteiger partial charge in [0.2, 0.25) is 5.96 Å². The minimum absolute atomic E-state index is 0.00855. The van der Waals surface area contributed by atoms with Gasteiger partial charge in [0.25, 0.3) is 0 Å². The van der Waals surface area contributed by atoms with Crippen molar-refractivity contribution in [3.05, 3.63) is 0 Å². The molecule has 0 radical (unpaired) electrons. The number of nitrogens with zero attached hydrogens (tertiary/aromatic N) is 4. The van der Waals surface area contributed by atoms with Crippen LogP contribution in [0.4, 0.5) is 0 Å². The Morgan fingerprint density at radius 3 is 2.64 bits per heavy atom. The van der Waals surface area contributed by atoms with Gasteiger partial charge in [0, 0.05) is 0 Å². The molecular weight excluding hydrogens is 186 g/mol. The highest BCUT2D eigenvalue weighted by Crippen LogP contribution is 1.69. The molecule has 0 heterocycles. The Kier molecular flexibility index (Phi) is 6.12. The first kappa shape index (κ1) is 11.7. The van der Waals surface area contributed by atoms with Crippen molar-refractivity contribution in [2.75, 3.05) is 0 Å². The van der Waals surface area contributed by atoms with E-state index in [0.29, 0.717) is 5.71 Å². The highest BCUT2D eigenvalue weighted by atomic mass is 15.4. The van der Waals surface area contributed by atoms with Crippen LogP contribution in [0.5, 0.6) is 0 Å². The van der Waals surface area contributed by atoms with E-state index in [1.165, 1.54) is 12.6 Å². The van der Waals surface area contributed by atoms with Gasteiger partial charge in [-0.3, -0.25) is 5.43 Å². The summed E-state index contributed by atoms with van der Waals surface area (Å²) in [6, 6.07) is 0. The van der Waals surface area contributed by atoms with E-state index in [1.54, 1.807) is 6.92 Å². The smallest absolute Gasteiger partial charge is 0.231 e. The van der Waals surface area contributed by atoms with Gasteiger partial charge < -0.3 is 17.4 Å². The number of hydrogen-bond acceptors (Lipinski definition) is 6. The summed E-state index contributed by atoms with van der Waals surface area (Å²) in [6.45, 7) is 1.70. The van der Waals surface area contributed by atoms with Crippen LogP contribution in [0, 0.1) is 0 Å². The third-order valence-corrected chi connectivity index (χ3v) is 0.944. The topological polar surface area (TPSA) is 152 Å². The summed E-state index contributed by atoms with van der Waals surface area (Å²) >= 11 is 0. The fourth-order valence-electron chi connectivity index (χ4n) is 0.401. The highest BCUT2D eigenvalue weighted by Gasteiger charge is 1.86. The molecule has 0 amide bonds. The number of guanidine groups is 1. The van der Waals surface area contributed by atoms with Crippen LogP contribution < -0.4 is 28.3 Å². The van der Waals surface area contributed by atoms with E-state index >= 15 is 0 Å². The minimum atomic E-state index is 0.00855. The Morgan fingerprint density at radius 1 is 1.36 bits per heavy atom. The molecule has 8 N–H and O–H groups in total. The van der Waals surface area contributed by atoms with E-state index < -0.39 is 0 Å². The third-order valence-electron chi connectivity index (χ3n) is 0.944. The largest absolute Gasteiger partial charge is 0.367 e. The molecule has 0 unspecified atom stereocenters. The SMILES string of the molecule is CC(C=NNC=NN)=NN/C(N)=N/N. The van der Waals surface area contributed by atoms with Gasteiger partial charge in [-0.15, -0.1) is 5.10 Å². The summed E-state index contributed by atoms with van der Waals surface area (Å²) in [5.41, 5.74) is 10.6. The van der Waals surface area contributed by atoms with Crippen molar-refractivity contribution in [2.45, 2.75) is 6.92 Å². The van der Waals surface area contributed by atoms with Crippen molar-refractivity contribution in [3.63, 3.8) is 0 Å². The predicted octanol–water partition coefficient (Wildman–Crippen LogP) is -2.38. The third kappa shape index (κ3) is 6.39. The monoisotopic (exact) mass is 199 g/mol. The molecule has 0 bridgehead atoms. The van der Waals surface area contributed by atoms with Crippen molar-refractivity contribution in [1.29, 1.82) is 0 Å². The quantitative estimate of drug-likeness (QED) is 0.148. The predicted molar refractivity (Wildman–Crippen MR) is 56.4 cm³/mol. The standard InChI is InChI=1S/C5H13N9/c1-4(2-10-11-3-9-7)13-14-5(6)12-8/h2-3H,7-8H2,1H3,(H,9,11)(H3,6,12,14). The van der Waals surface area contributed by atoms with E-state index in [0.717, 1.165) is 0 Å². The average Bonchev–Trinajstić information content (AvgIpc) is 2.21.